The summed E-state index contributed by atoms with van der Waals surface area (Å²) in [7, 11) is 0. The molecule has 2 aromatic carbocycles. The fourth-order valence-corrected chi connectivity index (χ4v) is 7.14. The van der Waals surface area contributed by atoms with E-state index in [9.17, 15) is 19.5 Å². The molecule has 2 saturated heterocycles. The monoisotopic (exact) mass is 571 g/mol. The van der Waals surface area contributed by atoms with E-state index in [1.807, 2.05) is 92.7 Å². The summed E-state index contributed by atoms with van der Waals surface area (Å²) in [6, 6.07) is 15.3. The molecule has 6 atom stereocenters. The van der Waals surface area contributed by atoms with Crippen molar-refractivity contribution in [3.63, 3.8) is 0 Å². The highest BCUT2D eigenvalue weighted by atomic mass is 16.5. The number of fused-ring (bicyclic) bond motifs is 2. The summed E-state index contributed by atoms with van der Waals surface area (Å²) in [4.78, 5) is 48.1. The Morgan fingerprint density at radius 3 is 2.36 bits per heavy atom. The van der Waals surface area contributed by atoms with Gasteiger partial charge in [-0.15, -0.1) is 0 Å². The van der Waals surface area contributed by atoms with E-state index < -0.39 is 35.1 Å². The highest BCUT2D eigenvalue weighted by molar-refractivity contribution is 6.04. The molecule has 6 rings (SSSR count). The van der Waals surface area contributed by atoms with Gasteiger partial charge in [-0.3, -0.25) is 14.4 Å². The molecule has 0 radical (unpaired) electrons. The topological polar surface area (TPSA) is 99.6 Å². The van der Waals surface area contributed by atoms with Crippen molar-refractivity contribution in [1.29, 1.82) is 0 Å². The quantitative estimate of drug-likeness (QED) is 0.513. The molecule has 0 bridgehead atoms. The zero-order valence-corrected chi connectivity index (χ0v) is 24.2. The Bertz CT molecular complexity index is 1430. The standard InChI is InChI=1S/C33H37N3O6/c1-4-41-25-14-12-24(13-15-25)35-19-8-16-32(3)26(29(35)38)27-30(39)36(22(2)21-37)28-31(40)34(18-9-17-33(27,28)42-32)20-23-10-6-5-7-11-23/h5-17,22,26-28,37H,4,18-21H2,1-3H3/t22-,26-,27+,28?,32+,33+/m1/s1. The van der Waals surface area contributed by atoms with Gasteiger partial charge in [-0.1, -0.05) is 54.6 Å². The Labute approximate surface area is 246 Å². The Hall–Kier alpha value is -3.95. The number of rotatable bonds is 7. The second-order valence-corrected chi connectivity index (χ2v) is 11.7. The molecule has 220 valence electrons. The van der Waals surface area contributed by atoms with Crippen LogP contribution in [0.1, 0.15) is 26.3 Å². The van der Waals surface area contributed by atoms with Crippen LogP contribution in [0.15, 0.2) is 78.9 Å². The predicted octanol–water partition coefficient (Wildman–Crippen LogP) is 2.94. The van der Waals surface area contributed by atoms with Crippen LogP contribution in [0.4, 0.5) is 5.69 Å². The van der Waals surface area contributed by atoms with Crippen molar-refractivity contribution in [2.75, 3.05) is 31.2 Å². The summed E-state index contributed by atoms with van der Waals surface area (Å²) in [6.07, 6.45) is 7.46. The Balaban J connectivity index is 1.41. The number of carbonyl (C=O) groups is 3. The number of hydrogen-bond acceptors (Lipinski definition) is 6. The van der Waals surface area contributed by atoms with E-state index in [1.165, 1.54) is 4.90 Å². The Morgan fingerprint density at radius 2 is 1.67 bits per heavy atom. The van der Waals surface area contributed by atoms with Gasteiger partial charge in [0.1, 0.15) is 17.4 Å². The maximum atomic E-state index is 14.5. The number of hydrogen-bond donors (Lipinski definition) is 1. The molecule has 4 aliphatic rings. The van der Waals surface area contributed by atoms with E-state index in [-0.39, 0.29) is 24.3 Å². The van der Waals surface area contributed by atoms with Crippen LogP contribution in [0.3, 0.4) is 0 Å². The smallest absolute Gasteiger partial charge is 0.249 e. The number of amides is 3. The average Bonchev–Trinajstić information content (AvgIpc) is 3.27. The molecule has 1 spiro atoms. The number of carbonyl (C=O) groups excluding carboxylic acids is 3. The number of aliphatic hydroxyl groups excluding tert-OH is 1. The Morgan fingerprint density at radius 1 is 0.952 bits per heavy atom. The summed E-state index contributed by atoms with van der Waals surface area (Å²) in [5.74, 6) is -1.99. The van der Waals surface area contributed by atoms with Crippen molar-refractivity contribution >= 4 is 23.4 Å². The van der Waals surface area contributed by atoms with Crippen LogP contribution < -0.4 is 9.64 Å². The van der Waals surface area contributed by atoms with Gasteiger partial charge in [-0.2, -0.15) is 0 Å². The lowest BCUT2D eigenvalue weighted by Crippen LogP contribution is -2.58. The normalized spacial score (nSPS) is 31.0. The minimum Gasteiger partial charge on any atom is -0.494 e. The number of aliphatic hydroxyl groups is 1. The molecule has 1 unspecified atom stereocenters. The lowest BCUT2D eigenvalue weighted by atomic mass is 9.74. The first-order chi connectivity index (χ1) is 20.2. The molecular formula is C33H37N3O6. The molecule has 3 amide bonds. The summed E-state index contributed by atoms with van der Waals surface area (Å²) in [5, 5.41) is 10.2. The first-order valence-corrected chi connectivity index (χ1v) is 14.6. The average molecular weight is 572 g/mol. The lowest BCUT2D eigenvalue weighted by molar-refractivity contribution is -0.154. The fraction of sp³-hybridized carbons (Fsp3) is 0.424. The Kier molecular flexibility index (Phi) is 7.19. The third kappa shape index (κ3) is 4.34. The molecule has 4 heterocycles. The van der Waals surface area contributed by atoms with Gasteiger partial charge in [-0.25, -0.2) is 0 Å². The molecule has 0 aliphatic carbocycles. The van der Waals surface area contributed by atoms with Crippen molar-refractivity contribution < 1.29 is 29.0 Å². The van der Waals surface area contributed by atoms with E-state index in [1.54, 1.807) is 16.7 Å². The van der Waals surface area contributed by atoms with Crippen LogP contribution in [-0.4, -0.2) is 82.2 Å². The van der Waals surface area contributed by atoms with E-state index >= 15 is 0 Å². The number of benzene rings is 2. The molecule has 9 heteroatoms. The van der Waals surface area contributed by atoms with Gasteiger partial charge in [0, 0.05) is 25.3 Å². The van der Waals surface area contributed by atoms with E-state index in [0.717, 1.165) is 5.56 Å². The molecule has 9 nitrogen and oxygen atoms in total. The molecule has 2 fully saturated rings. The van der Waals surface area contributed by atoms with Gasteiger partial charge in [0.05, 0.1) is 36.7 Å². The summed E-state index contributed by atoms with van der Waals surface area (Å²) in [5.41, 5.74) is -0.845. The number of anilines is 1. The molecule has 2 aromatic rings. The van der Waals surface area contributed by atoms with Crippen molar-refractivity contribution in [3.05, 3.63) is 84.5 Å². The summed E-state index contributed by atoms with van der Waals surface area (Å²) < 4.78 is 12.4. The third-order valence-corrected chi connectivity index (χ3v) is 8.99. The van der Waals surface area contributed by atoms with Gasteiger partial charge in [0.25, 0.3) is 0 Å². The largest absolute Gasteiger partial charge is 0.494 e. The first-order valence-electron chi connectivity index (χ1n) is 14.6. The minimum absolute atomic E-state index is 0.245. The third-order valence-electron chi connectivity index (χ3n) is 8.99. The SMILES string of the molecule is CCOc1ccc(N2CC=C[C@]3(C)O[C@]45C=CCN(Cc6ccccc6)C(=O)C4N([C@H](C)CO)C(=O)[C@@H]5[C@@H]3C2=O)cc1. The van der Waals surface area contributed by atoms with Crippen LogP contribution >= 0.6 is 0 Å². The van der Waals surface area contributed by atoms with E-state index in [0.29, 0.717) is 37.7 Å². The van der Waals surface area contributed by atoms with Gasteiger partial charge >= 0.3 is 0 Å². The zero-order chi connectivity index (χ0) is 29.6. The summed E-state index contributed by atoms with van der Waals surface area (Å²) >= 11 is 0. The molecule has 0 saturated carbocycles. The molecule has 42 heavy (non-hydrogen) atoms. The van der Waals surface area contributed by atoms with E-state index in [4.69, 9.17) is 9.47 Å². The predicted molar refractivity (Wildman–Crippen MR) is 156 cm³/mol. The number of likely N-dealkylation sites (tertiary alicyclic amines) is 1. The second kappa shape index (κ2) is 10.7. The van der Waals surface area contributed by atoms with Gasteiger partial charge in [0.2, 0.25) is 17.7 Å². The van der Waals surface area contributed by atoms with Crippen LogP contribution in [0.2, 0.25) is 0 Å². The van der Waals surface area contributed by atoms with Crippen molar-refractivity contribution in [2.45, 2.75) is 50.6 Å². The van der Waals surface area contributed by atoms with Crippen LogP contribution in [0, 0.1) is 11.8 Å². The zero-order valence-electron chi connectivity index (χ0n) is 24.2. The molecule has 4 aliphatic heterocycles. The molecule has 1 N–H and O–H groups in total. The second-order valence-electron chi connectivity index (χ2n) is 11.7. The highest BCUT2D eigenvalue weighted by Crippen LogP contribution is 2.58. The van der Waals surface area contributed by atoms with Gasteiger partial charge in [-0.05, 0) is 50.6 Å². The fourth-order valence-electron chi connectivity index (χ4n) is 7.14. The van der Waals surface area contributed by atoms with Crippen LogP contribution in [0.5, 0.6) is 5.75 Å². The molecular weight excluding hydrogens is 534 g/mol. The summed E-state index contributed by atoms with van der Waals surface area (Å²) in [6.45, 7) is 6.68. The van der Waals surface area contributed by atoms with Crippen LogP contribution in [-0.2, 0) is 25.7 Å². The number of nitrogens with zero attached hydrogens (tertiary/aromatic N) is 3. The van der Waals surface area contributed by atoms with E-state index in [2.05, 4.69) is 0 Å². The highest BCUT2D eigenvalue weighted by Gasteiger charge is 2.75. The number of ether oxygens (including phenoxy) is 2. The first kappa shape index (κ1) is 28.2. The van der Waals surface area contributed by atoms with Gasteiger partial charge in [0.15, 0.2) is 0 Å². The minimum atomic E-state index is -1.37. The van der Waals surface area contributed by atoms with Gasteiger partial charge < -0.3 is 29.3 Å². The molecule has 0 aromatic heterocycles. The maximum absolute atomic E-state index is 14.5. The lowest BCUT2D eigenvalue weighted by Gasteiger charge is -2.39. The van der Waals surface area contributed by atoms with Crippen molar-refractivity contribution in [2.24, 2.45) is 11.8 Å². The maximum Gasteiger partial charge on any atom is 0.249 e. The van der Waals surface area contributed by atoms with Crippen LogP contribution in [0.25, 0.3) is 0 Å². The van der Waals surface area contributed by atoms with Crippen molar-refractivity contribution in [1.82, 2.24) is 9.80 Å². The van der Waals surface area contributed by atoms with Crippen molar-refractivity contribution in [3.8, 4) is 5.75 Å².